The van der Waals surface area contributed by atoms with Gasteiger partial charge in [0.25, 0.3) is 10.1 Å². The van der Waals surface area contributed by atoms with Crippen molar-refractivity contribution < 1.29 is 26.9 Å². The van der Waals surface area contributed by atoms with Crippen molar-refractivity contribution in [3.05, 3.63) is 0 Å². The van der Waals surface area contributed by atoms with Crippen LogP contribution in [0, 0.1) is 0 Å². The standard InChI is InChI=1S/C7H12O6S/c1-14(9,10)13-5-4-11-6-2-3-12-7(6)8/h6H,2-5H2,1H3. The average Bonchev–Trinajstić information content (AvgIpc) is 2.44. The van der Waals surface area contributed by atoms with Gasteiger partial charge in [-0.1, -0.05) is 0 Å². The number of esters is 1. The number of hydrogen-bond donors (Lipinski definition) is 0. The Morgan fingerprint density at radius 1 is 1.50 bits per heavy atom. The highest BCUT2D eigenvalue weighted by molar-refractivity contribution is 7.85. The molecule has 0 spiro atoms. The zero-order valence-corrected chi connectivity index (χ0v) is 8.58. The zero-order valence-electron chi connectivity index (χ0n) is 7.76. The molecule has 0 aromatic rings. The molecule has 0 aromatic carbocycles. The van der Waals surface area contributed by atoms with Gasteiger partial charge in [-0.2, -0.15) is 8.42 Å². The first-order chi connectivity index (χ1) is 6.49. The summed E-state index contributed by atoms with van der Waals surface area (Å²) in [5.41, 5.74) is 0. The second kappa shape index (κ2) is 4.72. The van der Waals surface area contributed by atoms with Crippen LogP contribution in [0.3, 0.4) is 0 Å². The molecular formula is C7H12O6S. The predicted molar refractivity (Wildman–Crippen MR) is 46.1 cm³/mol. The summed E-state index contributed by atoms with van der Waals surface area (Å²) in [6.07, 6.45) is 0.896. The Labute approximate surface area is 82.3 Å². The molecule has 0 amide bonds. The highest BCUT2D eigenvalue weighted by Crippen LogP contribution is 2.09. The summed E-state index contributed by atoms with van der Waals surface area (Å²) < 4.78 is 35.2. The van der Waals surface area contributed by atoms with E-state index in [9.17, 15) is 13.2 Å². The number of carbonyl (C=O) groups is 1. The fourth-order valence-electron chi connectivity index (χ4n) is 1.00. The monoisotopic (exact) mass is 224 g/mol. The van der Waals surface area contributed by atoms with Crippen LogP contribution < -0.4 is 0 Å². The van der Waals surface area contributed by atoms with E-state index in [1.165, 1.54) is 0 Å². The van der Waals surface area contributed by atoms with E-state index in [1.807, 2.05) is 0 Å². The molecule has 0 saturated carbocycles. The first-order valence-electron chi connectivity index (χ1n) is 4.12. The molecule has 0 radical (unpaired) electrons. The van der Waals surface area contributed by atoms with Gasteiger partial charge in [0.05, 0.1) is 26.1 Å². The van der Waals surface area contributed by atoms with Crippen LogP contribution in [0.15, 0.2) is 0 Å². The molecule has 1 heterocycles. The van der Waals surface area contributed by atoms with Crippen LogP contribution in [-0.4, -0.2) is 46.6 Å². The van der Waals surface area contributed by atoms with E-state index in [0.29, 0.717) is 13.0 Å². The maximum Gasteiger partial charge on any atom is 0.335 e. The summed E-state index contributed by atoms with van der Waals surface area (Å²) in [6, 6.07) is 0. The van der Waals surface area contributed by atoms with Crippen molar-refractivity contribution in [2.75, 3.05) is 26.1 Å². The van der Waals surface area contributed by atoms with Gasteiger partial charge in [0.15, 0.2) is 6.10 Å². The van der Waals surface area contributed by atoms with Crippen LogP contribution in [0.4, 0.5) is 0 Å². The minimum absolute atomic E-state index is 0.0623. The van der Waals surface area contributed by atoms with Crippen molar-refractivity contribution in [3.8, 4) is 0 Å². The normalized spacial score (nSPS) is 22.4. The molecule has 0 aromatic heterocycles. The van der Waals surface area contributed by atoms with Gasteiger partial charge >= 0.3 is 5.97 Å². The van der Waals surface area contributed by atoms with Gasteiger partial charge in [-0.25, -0.2) is 4.79 Å². The Morgan fingerprint density at radius 3 is 2.71 bits per heavy atom. The molecule has 1 aliphatic rings. The first-order valence-corrected chi connectivity index (χ1v) is 5.93. The van der Waals surface area contributed by atoms with E-state index >= 15 is 0 Å². The lowest BCUT2D eigenvalue weighted by molar-refractivity contribution is -0.147. The first kappa shape index (κ1) is 11.4. The molecule has 0 aliphatic carbocycles. The smallest absolute Gasteiger partial charge is 0.335 e. The van der Waals surface area contributed by atoms with Crippen molar-refractivity contribution >= 4 is 16.1 Å². The van der Waals surface area contributed by atoms with Gasteiger partial charge in [0.1, 0.15) is 0 Å². The zero-order chi connectivity index (χ0) is 10.6. The van der Waals surface area contributed by atoms with E-state index in [0.717, 1.165) is 6.26 Å². The summed E-state index contributed by atoms with van der Waals surface area (Å²) in [4.78, 5) is 10.9. The number of rotatable bonds is 5. The van der Waals surface area contributed by atoms with Crippen LogP contribution in [0.2, 0.25) is 0 Å². The highest BCUT2D eigenvalue weighted by Gasteiger charge is 2.26. The van der Waals surface area contributed by atoms with Crippen molar-refractivity contribution in [1.29, 1.82) is 0 Å². The van der Waals surface area contributed by atoms with Crippen molar-refractivity contribution in [1.82, 2.24) is 0 Å². The highest BCUT2D eigenvalue weighted by atomic mass is 32.2. The molecule has 1 saturated heterocycles. The molecule has 7 heteroatoms. The minimum Gasteiger partial charge on any atom is -0.464 e. The SMILES string of the molecule is CS(=O)(=O)OCCOC1CCOC1=O. The van der Waals surface area contributed by atoms with Gasteiger partial charge in [0.2, 0.25) is 0 Å². The second-order valence-corrected chi connectivity index (χ2v) is 4.49. The van der Waals surface area contributed by atoms with Gasteiger partial charge in [-0.3, -0.25) is 4.18 Å². The maximum absolute atomic E-state index is 10.9. The number of hydrogen-bond acceptors (Lipinski definition) is 6. The minimum atomic E-state index is -3.43. The van der Waals surface area contributed by atoms with Crippen LogP contribution in [-0.2, 0) is 28.6 Å². The quantitative estimate of drug-likeness (QED) is 0.349. The molecule has 1 fully saturated rings. The summed E-state index contributed by atoms with van der Waals surface area (Å²) in [5, 5.41) is 0. The fraction of sp³-hybridized carbons (Fsp3) is 0.857. The van der Waals surface area contributed by atoms with E-state index in [-0.39, 0.29) is 13.2 Å². The largest absolute Gasteiger partial charge is 0.464 e. The third kappa shape index (κ3) is 4.03. The second-order valence-electron chi connectivity index (χ2n) is 2.84. The Bertz CT molecular complexity index is 295. The Hall–Kier alpha value is -0.660. The van der Waals surface area contributed by atoms with Crippen molar-refractivity contribution in [2.45, 2.75) is 12.5 Å². The molecule has 0 bridgehead atoms. The summed E-state index contributed by atoms with van der Waals surface area (Å²) >= 11 is 0. The van der Waals surface area contributed by atoms with E-state index < -0.39 is 22.2 Å². The molecule has 1 atom stereocenters. The van der Waals surface area contributed by atoms with Gasteiger partial charge < -0.3 is 9.47 Å². The Morgan fingerprint density at radius 2 is 2.21 bits per heavy atom. The molecular weight excluding hydrogens is 212 g/mol. The summed E-state index contributed by atoms with van der Waals surface area (Å²) in [5.74, 6) is -0.399. The van der Waals surface area contributed by atoms with Crippen LogP contribution in [0.25, 0.3) is 0 Å². The van der Waals surface area contributed by atoms with Gasteiger partial charge in [0, 0.05) is 6.42 Å². The number of ether oxygens (including phenoxy) is 2. The molecule has 82 valence electrons. The molecule has 6 nitrogen and oxygen atoms in total. The Kier molecular flexibility index (Phi) is 3.85. The third-order valence-electron chi connectivity index (χ3n) is 1.59. The lowest BCUT2D eigenvalue weighted by atomic mass is 10.3. The number of cyclic esters (lactones) is 1. The van der Waals surface area contributed by atoms with Gasteiger partial charge in [-0.15, -0.1) is 0 Å². The maximum atomic E-state index is 10.9. The van der Waals surface area contributed by atoms with Crippen molar-refractivity contribution in [2.24, 2.45) is 0 Å². The van der Waals surface area contributed by atoms with Crippen LogP contribution >= 0.6 is 0 Å². The average molecular weight is 224 g/mol. The molecule has 1 aliphatic heterocycles. The molecule has 1 unspecified atom stereocenters. The molecule has 0 N–H and O–H groups in total. The van der Waals surface area contributed by atoms with E-state index in [2.05, 4.69) is 8.92 Å². The lowest BCUT2D eigenvalue weighted by Crippen LogP contribution is -2.21. The lowest BCUT2D eigenvalue weighted by Gasteiger charge is -2.06. The van der Waals surface area contributed by atoms with E-state index in [1.54, 1.807) is 0 Å². The fourth-order valence-corrected chi connectivity index (χ4v) is 1.38. The molecule has 1 rings (SSSR count). The van der Waals surface area contributed by atoms with E-state index in [4.69, 9.17) is 4.74 Å². The molecule has 14 heavy (non-hydrogen) atoms. The number of carbonyl (C=O) groups excluding carboxylic acids is 1. The topological polar surface area (TPSA) is 78.9 Å². The summed E-state index contributed by atoms with van der Waals surface area (Å²) in [7, 11) is -3.43. The Balaban J connectivity index is 2.13. The van der Waals surface area contributed by atoms with Crippen molar-refractivity contribution in [3.63, 3.8) is 0 Å². The summed E-state index contributed by atoms with van der Waals surface area (Å²) in [6.45, 7) is 0.339. The van der Waals surface area contributed by atoms with Crippen LogP contribution in [0.1, 0.15) is 6.42 Å². The van der Waals surface area contributed by atoms with Gasteiger partial charge in [-0.05, 0) is 0 Å². The predicted octanol–water partition coefficient (Wildman–Crippen LogP) is -0.705. The third-order valence-corrected chi connectivity index (χ3v) is 2.18. The van der Waals surface area contributed by atoms with Crippen LogP contribution in [0.5, 0.6) is 0 Å².